The maximum Gasteiger partial charge on any atom is 0.258 e. The second-order valence-electron chi connectivity index (χ2n) is 6.05. The van der Waals surface area contributed by atoms with Crippen LogP contribution in [-0.2, 0) is 11.3 Å². The van der Waals surface area contributed by atoms with Crippen molar-refractivity contribution in [2.75, 3.05) is 6.61 Å². The molecule has 0 heterocycles. The molecule has 130 valence electrons. The zero-order valence-corrected chi connectivity index (χ0v) is 14.4. The number of carbonyl (C=O) groups excluding carboxylic acids is 2. The lowest BCUT2D eigenvalue weighted by Crippen LogP contribution is -2.28. The number of hydrogen-bond acceptors (Lipinski definition) is 3. The van der Waals surface area contributed by atoms with Gasteiger partial charge in [-0.25, -0.2) is 4.39 Å². The molecule has 25 heavy (non-hydrogen) atoms. The van der Waals surface area contributed by atoms with E-state index in [2.05, 4.69) is 5.32 Å². The molecule has 0 fully saturated rings. The van der Waals surface area contributed by atoms with Gasteiger partial charge in [0, 0.05) is 23.6 Å². The third-order valence-electron chi connectivity index (χ3n) is 4.18. The highest BCUT2D eigenvalue weighted by molar-refractivity contribution is 6.30. The van der Waals surface area contributed by atoms with Gasteiger partial charge in [-0.1, -0.05) is 30.7 Å². The third-order valence-corrected chi connectivity index (χ3v) is 4.43. The number of ether oxygens (including phenoxy) is 1. The molecular formula is C19H17ClFNO3. The van der Waals surface area contributed by atoms with Gasteiger partial charge in [-0.2, -0.15) is 0 Å². The summed E-state index contributed by atoms with van der Waals surface area (Å²) in [7, 11) is 0. The van der Waals surface area contributed by atoms with Crippen LogP contribution >= 0.6 is 11.6 Å². The first kappa shape index (κ1) is 17.4. The van der Waals surface area contributed by atoms with Crippen molar-refractivity contribution in [3.05, 3.63) is 63.9 Å². The van der Waals surface area contributed by atoms with Crippen LogP contribution < -0.4 is 10.1 Å². The number of nitrogens with one attached hydrogen (secondary N) is 1. The summed E-state index contributed by atoms with van der Waals surface area (Å²) in [5, 5.41) is 3.35. The zero-order valence-electron chi connectivity index (χ0n) is 13.6. The maximum atomic E-state index is 13.9. The monoisotopic (exact) mass is 361 g/mol. The first-order valence-electron chi connectivity index (χ1n) is 7.95. The number of halogens is 2. The highest BCUT2D eigenvalue weighted by Gasteiger charge is 2.32. The summed E-state index contributed by atoms with van der Waals surface area (Å²) in [6.45, 7) is 1.90. The van der Waals surface area contributed by atoms with E-state index in [-0.39, 0.29) is 41.9 Å². The summed E-state index contributed by atoms with van der Waals surface area (Å²) in [5.41, 5.74) is 1.55. The minimum atomic E-state index is -0.409. The fraction of sp³-hybridized carbons (Fsp3) is 0.263. The smallest absolute Gasteiger partial charge is 0.258 e. The van der Waals surface area contributed by atoms with Crippen LogP contribution in [0.4, 0.5) is 4.39 Å². The van der Waals surface area contributed by atoms with Gasteiger partial charge in [0.05, 0.1) is 5.56 Å². The Labute approximate surface area is 149 Å². The number of amides is 1. The predicted octanol–water partition coefficient (Wildman–Crippen LogP) is 3.86. The number of benzene rings is 2. The second kappa shape index (κ2) is 7.23. The van der Waals surface area contributed by atoms with Crippen LogP contribution in [0.1, 0.15) is 40.7 Å². The second-order valence-corrected chi connectivity index (χ2v) is 6.49. The van der Waals surface area contributed by atoms with Gasteiger partial charge in [-0.05, 0) is 35.7 Å². The van der Waals surface area contributed by atoms with Crippen molar-refractivity contribution in [2.45, 2.75) is 25.8 Å². The highest BCUT2D eigenvalue weighted by Crippen LogP contribution is 2.39. The molecule has 2 aromatic carbocycles. The molecule has 0 bridgehead atoms. The maximum absolute atomic E-state index is 13.9. The average Bonchev–Trinajstić information content (AvgIpc) is 2.89. The Morgan fingerprint density at radius 2 is 2.00 bits per heavy atom. The summed E-state index contributed by atoms with van der Waals surface area (Å²) in [6, 6.07) is 9.79. The Morgan fingerprint density at radius 3 is 2.72 bits per heavy atom. The van der Waals surface area contributed by atoms with Crippen LogP contribution in [0.25, 0.3) is 0 Å². The Balaban J connectivity index is 1.61. The zero-order chi connectivity index (χ0) is 18.0. The molecule has 1 N–H and O–H groups in total. The number of Topliss-reactive ketones (excluding diaryl/α,β-unsaturated/α-hetero) is 1. The molecule has 2 aromatic rings. The third kappa shape index (κ3) is 3.82. The van der Waals surface area contributed by atoms with Crippen molar-refractivity contribution in [3.63, 3.8) is 0 Å². The van der Waals surface area contributed by atoms with Gasteiger partial charge in [-0.15, -0.1) is 0 Å². The number of carbonyl (C=O) groups is 2. The van der Waals surface area contributed by atoms with Crippen LogP contribution in [0, 0.1) is 5.82 Å². The molecule has 0 radical (unpaired) electrons. The fourth-order valence-corrected chi connectivity index (χ4v) is 3.07. The van der Waals surface area contributed by atoms with Crippen LogP contribution in [0.3, 0.4) is 0 Å². The van der Waals surface area contributed by atoms with E-state index in [1.807, 2.05) is 12.1 Å². The summed E-state index contributed by atoms with van der Waals surface area (Å²) >= 11 is 5.81. The van der Waals surface area contributed by atoms with Gasteiger partial charge in [0.15, 0.2) is 12.4 Å². The van der Waals surface area contributed by atoms with Gasteiger partial charge >= 0.3 is 0 Å². The number of rotatable bonds is 5. The van der Waals surface area contributed by atoms with Crippen molar-refractivity contribution in [1.29, 1.82) is 0 Å². The van der Waals surface area contributed by atoms with E-state index in [9.17, 15) is 14.0 Å². The molecule has 0 spiro atoms. The Hall–Kier alpha value is -2.40. The normalized spacial score (nSPS) is 15.8. The molecule has 1 aliphatic rings. The number of fused-ring (bicyclic) bond motifs is 1. The van der Waals surface area contributed by atoms with E-state index in [4.69, 9.17) is 16.3 Å². The van der Waals surface area contributed by atoms with Crippen molar-refractivity contribution >= 4 is 23.3 Å². The molecule has 0 unspecified atom stereocenters. The standard InChI is InChI=1S/C19H17ClFNO3/c1-11-8-15(23)19-16(7-6-14(21)18(11)19)25-10-17(24)22-9-12-2-4-13(20)5-3-12/h2-7,11H,8-10H2,1H3,(H,22,24)/t11-/m0/s1. The molecule has 0 aliphatic heterocycles. The largest absolute Gasteiger partial charge is 0.483 e. The molecule has 1 amide bonds. The molecule has 1 atom stereocenters. The molecule has 3 rings (SSSR count). The summed E-state index contributed by atoms with van der Waals surface area (Å²) in [5.74, 6) is -0.810. The Morgan fingerprint density at radius 1 is 1.28 bits per heavy atom. The predicted molar refractivity (Wildman–Crippen MR) is 92.6 cm³/mol. The quantitative estimate of drug-likeness (QED) is 0.879. The summed E-state index contributed by atoms with van der Waals surface area (Å²) < 4.78 is 19.4. The molecule has 0 aromatic heterocycles. The molecule has 1 aliphatic carbocycles. The van der Waals surface area contributed by atoms with Crippen molar-refractivity contribution in [2.24, 2.45) is 0 Å². The van der Waals surface area contributed by atoms with Crippen LogP contribution in [-0.4, -0.2) is 18.3 Å². The number of ketones is 1. The van der Waals surface area contributed by atoms with E-state index in [1.54, 1.807) is 19.1 Å². The van der Waals surface area contributed by atoms with Gasteiger partial charge < -0.3 is 10.1 Å². The Bertz CT molecular complexity index is 820. The molecule has 4 nitrogen and oxygen atoms in total. The lowest BCUT2D eigenvalue weighted by atomic mass is 10.0. The van der Waals surface area contributed by atoms with E-state index in [1.165, 1.54) is 12.1 Å². The first-order chi connectivity index (χ1) is 12.0. The minimum absolute atomic E-state index is 0.154. The summed E-state index contributed by atoms with van der Waals surface area (Å²) in [4.78, 5) is 24.0. The molecule has 6 heteroatoms. The highest BCUT2D eigenvalue weighted by atomic mass is 35.5. The molecular weight excluding hydrogens is 345 g/mol. The minimum Gasteiger partial charge on any atom is -0.483 e. The van der Waals surface area contributed by atoms with Crippen LogP contribution in [0.15, 0.2) is 36.4 Å². The summed E-state index contributed by atoms with van der Waals surface area (Å²) in [6.07, 6.45) is 0.259. The van der Waals surface area contributed by atoms with E-state index in [0.717, 1.165) is 5.56 Å². The van der Waals surface area contributed by atoms with Gasteiger partial charge in [0.2, 0.25) is 0 Å². The lowest BCUT2D eigenvalue weighted by Gasteiger charge is -2.12. The van der Waals surface area contributed by atoms with Crippen molar-refractivity contribution in [3.8, 4) is 5.75 Å². The average molecular weight is 362 g/mol. The van der Waals surface area contributed by atoms with Gasteiger partial charge in [-0.3, -0.25) is 9.59 Å². The van der Waals surface area contributed by atoms with Gasteiger partial charge in [0.25, 0.3) is 5.91 Å². The molecule has 0 saturated heterocycles. The topological polar surface area (TPSA) is 55.4 Å². The van der Waals surface area contributed by atoms with Crippen LogP contribution in [0.5, 0.6) is 5.75 Å². The van der Waals surface area contributed by atoms with E-state index < -0.39 is 5.82 Å². The van der Waals surface area contributed by atoms with Crippen LogP contribution in [0.2, 0.25) is 5.02 Å². The molecule has 0 saturated carbocycles. The van der Waals surface area contributed by atoms with Gasteiger partial charge in [0.1, 0.15) is 11.6 Å². The van der Waals surface area contributed by atoms with E-state index in [0.29, 0.717) is 17.1 Å². The Kier molecular flexibility index (Phi) is 5.04. The first-order valence-corrected chi connectivity index (χ1v) is 8.33. The SMILES string of the molecule is C[C@H]1CC(=O)c2c(OCC(=O)NCc3ccc(Cl)cc3)ccc(F)c21. The lowest BCUT2D eigenvalue weighted by molar-refractivity contribution is -0.123. The van der Waals surface area contributed by atoms with Crippen molar-refractivity contribution < 1.29 is 18.7 Å². The van der Waals surface area contributed by atoms with Crippen molar-refractivity contribution in [1.82, 2.24) is 5.32 Å². The fourth-order valence-electron chi connectivity index (χ4n) is 2.94. The number of hydrogen-bond donors (Lipinski definition) is 1. The van der Waals surface area contributed by atoms with E-state index >= 15 is 0 Å².